The summed E-state index contributed by atoms with van der Waals surface area (Å²) in [5, 5.41) is 0.598. The zero-order valence-corrected chi connectivity index (χ0v) is 14.0. The first kappa shape index (κ1) is 15.1. The Labute approximate surface area is 139 Å². The summed E-state index contributed by atoms with van der Waals surface area (Å²) in [6.07, 6.45) is 3.19. The molecule has 1 aliphatic heterocycles. The van der Waals surface area contributed by atoms with E-state index in [9.17, 15) is 9.18 Å². The number of hydrogen-bond donors (Lipinski definition) is 0. The third kappa shape index (κ3) is 2.76. The summed E-state index contributed by atoms with van der Waals surface area (Å²) in [6.45, 7) is 4.17. The van der Waals surface area contributed by atoms with Gasteiger partial charge in [0.15, 0.2) is 0 Å². The van der Waals surface area contributed by atoms with E-state index in [1.165, 1.54) is 17.4 Å². The molecule has 1 saturated carbocycles. The van der Waals surface area contributed by atoms with Crippen LogP contribution in [0.25, 0.3) is 10.1 Å². The predicted molar refractivity (Wildman–Crippen MR) is 89.5 cm³/mol. The van der Waals surface area contributed by atoms with Gasteiger partial charge in [0.05, 0.1) is 11.5 Å². The Balaban J connectivity index is 1.66. The van der Waals surface area contributed by atoms with Crippen molar-refractivity contribution in [2.24, 2.45) is 5.92 Å². The maximum atomic E-state index is 14.1. The molecule has 0 bridgehead atoms. The minimum atomic E-state index is -0.238. The lowest BCUT2D eigenvalue weighted by Crippen LogP contribution is -2.37. The Morgan fingerprint density at radius 1 is 1.39 bits per heavy atom. The monoisotopic (exact) mass is 333 g/mol. The van der Waals surface area contributed by atoms with Gasteiger partial charge in [0.2, 0.25) is 0 Å². The van der Waals surface area contributed by atoms with E-state index in [4.69, 9.17) is 4.74 Å². The number of nitrogens with zero attached hydrogens (tertiary/aromatic N) is 1. The molecule has 1 unspecified atom stereocenters. The van der Waals surface area contributed by atoms with Crippen molar-refractivity contribution < 1.29 is 13.9 Å². The number of thiophene rings is 1. The molecule has 0 spiro atoms. The van der Waals surface area contributed by atoms with Crippen LogP contribution in [0.2, 0.25) is 0 Å². The number of benzene rings is 1. The molecule has 2 fully saturated rings. The van der Waals surface area contributed by atoms with Crippen molar-refractivity contribution in [2.75, 3.05) is 19.8 Å². The van der Waals surface area contributed by atoms with E-state index >= 15 is 0 Å². The van der Waals surface area contributed by atoms with Gasteiger partial charge in [0, 0.05) is 35.2 Å². The quantitative estimate of drug-likeness (QED) is 0.847. The van der Waals surface area contributed by atoms with Gasteiger partial charge in [-0.15, -0.1) is 11.3 Å². The Kier molecular flexibility index (Phi) is 3.85. The number of halogens is 1. The van der Waals surface area contributed by atoms with E-state index in [0.717, 1.165) is 49.3 Å². The fourth-order valence-electron chi connectivity index (χ4n) is 3.38. The predicted octanol–water partition coefficient (Wildman–Crippen LogP) is 3.99. The second-order valence-electron chi connectivity index (χ2n) is 6.59. The van der Waals surface area contributed by atoms with E-state index in [0.29, 0.717) is 22.2 Å². The lowest BCUT2D eigenvalue weighted by molar-refractivity contribution is 0.0710. The molecule has 2 heterocycles. The van der Waals surface area contributed by atoms with Crippen LogP contribution in [0.1, 0.15) is 34.5 Å². The standard InChI is InChI=1S/C18H20FNO2S/c1-11-16-14(19)3-2-4-15(16)23-17(11)18(21)20(13-5-6-13)9-12-7-8-22-10-12/h2-4,12-13H,5-10H2,1H3. The molecule has 1 aromatic carbocycles. The summed E-state index contributed by atoms with van der Waals surface area (Å²) < 4.78 is 20.4. The van der Waals surface area contributed by atoms with Crippen molar-refractivity contribution in [3.8, 4) is 0 Å². The summed E-state index contributed by atoms with van der Waals surface area (Å²) in [5.41, 5.74) is 0.779. The van der Waals surface area contributed by atoms with Crippen molar-refractivity contribution >= 4 is 27.3 Å². The topological polar surface area (TPSA) is 29.5 Å². The zero-order valence-electron chi connectivity index (χ0n) is 13.2. The first-order valence-electron chi connectivity index (χ1n) is 8.21. The average molecular weight is 333 g/mol. The number of aryl methyl sites for hydroxylation is 1. The number of carbonyl (C=O) groups is 1. The van der Waals surface area contributed by atoms with Gasteiger partial charge in [0.1, 0.15) is 5.82 Å². The Morgan fingerprint density at radius 2 is 2.22 bits per heavy atom. The highest BCUT2D eigenvalue weighted by Crippen LogP contribution is 2.36. The van der Waals surface area contributed by atoms with E-state index in [-0.39, 0.29) is 11.7 Å². The molecule has 23 heavy (non-hydrogen) atoms. The van der Waals surface area contributed by atoms with Crippen LogP contribution in [0.3, 0.4) is 0 Å². The molecule has 1 amide bonds. The average Bonchev–Trinajstić information content (AvgIpc) is 3.13. The molecular formula is C18H20FNO2S. The molecule has 2 aromatic rings. The maximum Gasteiger partial charge on any atom is 0.264 e. The number of hydrogen-bond acceptors (Lipinski definition) is 3. The lowest BCUT2D eigenvalue weighted by Gasteiger charge is -2.25. The summed E-state index contributed by atoms with van der Waals surface area (Å²) >= 11 is 1.42. The molecule has 1 aromatic heterocycles. The van der Waals surface area contributed by atoms with Gasteiger partial charge in [0.25, 0.3) is 5.91 Å². The molecule has 122 valence electrons. The first-order chi connectivity index (χ1) is 11.1. The van der Waals surface area contributed by atoms with Gasteiger partial charge in [-0.05, 0) is 43.9 Å². The zero-order chi connectivity index (χ0) is 16.0. The molecule has 4 rings (SSSR count). The van der Waals surface area contributed by atoms with Gasteiger partial charge in [-0.25, -0.2) is 4.39 Å². The molecule has 5 heteroatoms. The smallest absolute Gasteiger partial charge is 0.264 e. The van der Waals surface area contributed by atoms with Crippen LogP contribution in [-0.4, -0.2) is 36.6 Å². The maximum absolute atomic E-state index is 14.1. The first-order valence-corrected chi connectivity index (χ1v) is 9.03. The van der Waals surface area contributed by atoms with Crippen LogP contribution in [-0.2, 0) is 4.74 Å². The van der Waals surface area contributed by atoms with Crippen molar-refractivity contribution in [2.45, 2.75) is 32.2 Å². The lowest BCUT2D eigenvalue weighted by atomic mass is 10.1. The van der Waals surface area contributed by atoms with Crippen LogP contribution in [0.4, 0.5) is 4.39 Å². The van der Waals surface area contributed by atoms with Gasteiger partial charge < -0.3 is 9.64 Å². The second kappa shape index (κ2) is 5.87. The van der Waals surface area contributed by atoms with Crippen molar-refractivity contribution in [1.29, 1.82) is 0 Å². The van der Waals surface area contributed by atoms with Gasteiger partial charge in [-0.1, -0.05) is 6.07 Å². The van der Waals surface area contributed by atoms with Crippen LogP contribution < -0.4 is 0 Å². The molecule has 1 saturated heterocycles. The van der Waals surface area contributed by atoms with Crippen molar-refractivity contribution in [1.82, 2.24) is 4.90 Å². The Hall–Kier alpha value is -1.46. The minimum Gasteiger partial charge on any atom is -0.381 e. The van der Waals surface area contributed by atoms with E-state index in [2.05, 4.69) is 0 Å². The molecular weight excluding hydrogens is 313 g/mol. The number of amides is 1. The third-order valence-electron chi connectivity index (χ3n) is 4.82. The third-order valence-corrected chi connectivity index (χ3v) is 6.07. The van der Waals surface area contributed by atoms with Crippen LogP contribution in [0, 0.1) is 18.7 Å². The van der Waals surface area contributed by atoms with Crippen LogP contribution >= 0.6 is 11.3 Å². The summed E-state index contributed by atoms with van der Waals surface area (Å²) in [7, 11) is 0. The molecule has 1 aliphatic carbocycles. The van der Waals surface area contributed by atoms with E-state index < -0.39 is 0 Å². The van der Waals surface area contributed by atoms with Gasteiger partial charge in [-0.2, -0.15) is 0 Å². The van der Waals surface area contributed by atoms with E-state index in [1.54, 1.807) is 6.07 Å². The minimum absolute atomic E-state index is 0.0671. The normalized spacial score (nSPS) is 21.0. The fourth-order valence-corrected chi connectivity index (χ4v) is 4.56. The van der Waals surface area contributed by atoms with Crippen LogP contribution in [0.5, 0.6) is 0 Å². The summed E-state index contributed by atoms with van der Waals surface area (Å²) in [5.74, 6) is 0.265. The largest absolute Gasteiger partial charge is 0.381 e. The Morgan fingerprint density at radius 3 is 2.87 bits per heavy atom. The summed E-state index contributed by atoms with van der Waals surface area (Å²) in [6, 6.07) is 5.41. The summed E-state index contributed by atoms with van der Waals surface area (Å²) in [4.78, 5) is 15.8. The van der Waals surface area contributed by atoms with Gasteiger partial charge >= 0.3 is 0 Å². The highest BCUT2D eigenvalue weighted by molar-refractivity contribution is 7.21. The number of carbonyl (C=O) groups excluding carboxylic acids is 1. The van der Waals surface area contributed by atoms with Gasteiger partial charge in [-0.3, -0.25) is 4.79 Å². The highest BCUT2D eigenvalue weighted by atomic mass is 32.1. The number of fused-ring (bicyclic) bond motifs is 1. The van der Waals surface area contributed by atoms with Crippen LogP contribution in [0.15, 0.2) is 18.2 Å². The van der Waals surface area contributed by atoms with Crippen molar-refractivity contribution in [3.05, 3.63) is 34.5 Å². The molecule has 0 N–H and O–H groups in total. The highest BCUT2D eigenvalue weighted by Gasteiger charge is 2.36. The van der Waals surface area contributed by atoms with E-state index in [1.807, 2.05) is 17.9 Å². The molecule has 0 radical (unpaired) electrons. The molecule has 2 aliphatic rings. The molecule has 3 nitrogen and oxygen atoms in total. The number of rotatable bonds is 4. The van der Waals surface area contributed by atoms with Crippen molar-refractivity contribution in [3.63, 3.8) is 0 Å². The SMILES string of the molecule is Cc1c(C(=O)N(CC2CCOC2)C2CC2)sc2cccc(F)c12. The Bertz CT molecular complexity index is 747. The number of ether oxygens (including phenoxy) is 1. The fraction of sp³-hybridized carbons (Fsp3) is 0.500. The molecule has 1 atom stereocenters. The second-order valence-corrected chi connectivity index (χ2v) is 7.64.